The predicted octanol–water partition coefficient (Wildman–Crippen LogP) is 1.24. The fourth-order valence-electron chi connectivity index (χ4n) is 3.13. The van der Waals surface area contributed by atoms with E-state index in [1.807, 2.05) is 0 Å². The van der Waals surface area contributed by atoms with Crippen molar-refractivity contribution < 1.29 is 13.2 Å². The summed E-state index contributed by atoms with van der Waals surface area (Å²) < 4.78 is 27.7. The highest BCUT2D eigenvalue weighted by Crippen LogP contribution is 2.25. The summed E-state index contributed by atoms with van der Waals surface area (Å²) in [6.07, 6.45) is 4.06. The normalized spacial score (nSPS) is 22.1. The largest absolute Gasteiger partial charge is 0.326 e. The Labute approximate surface area is 137 Å². The van der Waals surface area contributed by atoms with E-state index in [0.717, 1.165) is 43.6 Å². The number of hydrogen-bond acceptors (Lipinski definition) is 4. The number of fused-ring (bicyclic) bond motifs is 1. The van der Waals surface area contributed by atoms with Gasteiger partial charge in [0.2, 0.25) is 15.9 Å². The van der Waals surface area contributed by atoms with Crippen molar-refractivity contribution >= 4 is 21.6 Å². The van der Waals surface area contributed by atoms with Crippen LogP contribution in [0.5, 0.6) is 0 Å². The van der Waals surface area contributed by atoms with Gasteiger partial charge in [-0.1, -0.05) is 0 Å². The van der Waals surface area contributed by atoms with Gasteiger partial charge in [-0.05, 0) is 68.5 Å². The molecule has 1 aromatic rings. The second kappa shape index (κ2) is 6.98. The highest BCUT2D eigenvalue weighted by Gasteiger charge is 2.21. The molecule has 1 fully saturated rings. The van der Waals surface area contributed by atoms with E-state index in [1.165, 1.54) is 0 Å². The third-order valence-corrected chi connectivity index (χ3v) is 5.89. The number of benzene rings is 1. The van der Waals surface area contributed by atoms with E-state index in [2.05, 4.69) is 15.4 Å². The highest BCUT2D eigenvalue weighted by molar-refractivity contribution is 7.89. The molecule has 3 rings (SSSR count). The van der Waals surface area contributed by atoms with Gasteiger partial charge >= 0.3 is 0 Å². The molecule has 0 radical (unpaired) electrons. The standard InChI is InChI=1S/C16H23N3O3S/c20-16-5-1-4-13-9-14(6-7-15(13)19-16)23(21,22)18-11-12-3-2-8-17-10-12/h6-7,9,12,17-18H,1-5,8,10-11H2,(H,19,20). The predicted molar refractivity (Wildman–Crippen MR) is 88.8 cm³/mol. The molecule has 0 saturated carbocycles. The van der Waals surface area contributed by atoms with E-state index in [0.29, 0.717) is 25.3 Å². The molecule has 7 heteroatoms. The molecule has 1 saturated heterocycles. The summed E-state index contributed by atoms with van der Waals surface area (Å²) in [7, 11) is -3.51. The van der Waals surface area contributed by atoms with Crippen molar-refractivity contribution in [1.82, 2.24) is 10.0 Å². The molecule has 0 aliphatic carbocycles. The van der Waals surface area contributed by atoms with Gasteiger partial charge < -0.3 is 10.6 Å². The van der Waals surface area contributed by atoms with Gasteiger partial charge in [-0.25, -0.2) is 13.1 Å². The van der Waals surface area contributed by atoms with Crippen molar-refractivity contribution in [3.63, 3.8) is 0 Å². The quantitative estimate of drug-likeness (QED) is 0.771. The van der Waals surface area contributed by atoms with Crippen LogP contribution >= 0.6 is 0 Å². The van der Waals surface area contributed by atoms with E-state index in [9.17, 15) is 13.2 Å². The van der Waals surface area contributed by atoms with E-state index in [1.54, 1.807) is 18.2 Å². The first-order valence-corrected chi connectivity index (χ1v) is 9.66. The van der Waals surface area contributed by atoms with Gasteiger partial charge in [0.15, 0.2) is 0 Å². The fraction of sp³-hybridized carbons (Fsp3) is 0.562. The third-order valence-electron chi connectivity index (χ3n) is 4.47. The lowest BCUT2D eigenvalue weighted by molar-refractivity contribution is -0.116. The molecule has 0 spiro atoms. The minimum atomic E-state index is -3.51. The van der Waals surface area contributed by atoms with E-state index in [4.69, 9.17) is 0 Å². The molecule has 2 aliphatic rings. The molecule has 2 heterocycles. The van der Waals surface area contributed by atoms with Gasteiger partial charge in [0.25, 0.3) is 0 Å². The zero-order chi connectivity index (χ0) is 16.3. The molecule has 3 N–H and O–H groups in total. The van der Waals surface area contributed by atoms with Crippen LogP contribution < -0.4 is 15.4 Å². The second-order valence-corrected chi connectivity index (χ2v) is 8.05. The van der Waals surface area contributed by atoms with E-state index >= 15 is 0 Å². The maximum absolute atomic E-state index is 12.5. The number of hydrogen-bond donors (Lipinski definition) is 3. The zero-order valence-corrected chi connectivity index (χ0v) is 13.9. The van der Waals surface area contributed by atoms with Gasteiger partial charge in [0.1, 0.15) is 0 Å². The van der Waals surface area contributed by atoms with Crippen LogP contribution in [0, 0.1) is 5.92 Å². The van der Waals surface area contributed by atoms with Crippen LogP contribution in [0.4, 0.5) is 5.69 Å². The molecule has 6 nitrogen and oxygen atoms in total. The SMILES string of the molecule is O=C1CCCc2cc(S(=O)(=O)NCC3CCCNC3)ccc2N1. The summed E-state index contributed by atoms with van der Waals surface area (Å²) in [5.41, 5.74) is 1.61. The Morgan fingerprint density at radius 3 is 2.87 bits per heavy atom. The smallest absolute Gasteiger partial charge is 0.240 e. The lowest BCUT2D eigenvalue weighted by Crippen LogP contribution is -2.38. The lowest BCUT2D eigenvalue weighted by atomic mass is 10.0. The van der Waals surface area contributed by atoms with Crippen LogP contribution in [0.2, 0.25) is 0 Å². The van der Waals surface area contributed by atoms with Crippen LogP contribution in [0.25, 0.3) is 0 Å². The van der Waals surface area contributed by atoms with Gasteiger partial charge in [-0.15, -0.1) is 0 Å². The minimum Gasteiger partial charge on any atom is -0.326 e. The maximum Gasteiger partial charge on any atom is 0.240 e. The van der Waals surface area contributed by atoms with Gasteiger partial charge in [-0.2, -0.15) is 0 Å². The Balaban J connectivity index is 1.72. The van der Waals surface area contributed by atoms with Crippen molar-refractivity contribution in [3.05, 3.63) is 23.8 Å². The summed E-state index contributed by atoms with van der Waals surface area (Å²) in [4.78, 5) is 11.8. The monoisotopic (exact) mass is 337 g/mol. The molecule has 126 valence electrons. The average Bonchev–Trinajstić information content (AvgIpc) is 2.74. The van der Waals surface area contributed by atoms with Gasteiger partial charge in [0.05, 0.1) is 4.90 Å². The number of nitrogens with one attached hydrogen (secondary N) is 3. The first-order chi connectivity index (χ1) is 11.0. The summed E-state index contributed by atoms with van der Waals surface area (Å²) in [6.45, 7) is 2.34. The summed E-state index contributed by atoms with van der Waals surface area (Å²) in [5, 5.41) is 6.11. The third kappa shape index (κ3) is 4.10. The number of carbonyl (C=O) groups excluding carboxylic acids is 1. The Morgan fingerprint density at radius 2 is 2.09 bits per heavy atom. The van der Waals surface area contributed by atoms with Crippen molar-refractivity contribution in [2.75, 3.05) is 25.0 Å². The summed E-state index contributed by atoms with van der Waals surface area (Å²) >= 11 is 0. The summed E-state index contributed by atoms with van der Waals surface area (Å²) in [5.74, 6) is 0.334. The maximum atomic E-state index is 12.5. The number of sulfonamides is 1. The highest BCUT2D eigenvalue weighted by atomic mass is 32.2. The number of rotatable bonds is 4. The number of amides is 1. The topological polar surface area (TPSA) is 87.3 Å². The Bertz CT molecular complexity index is 682. The molecule has 2 aliphatic heterocycles. The van der Waals surface area contributed by atoms with Crippen LogP contribution in [0.3, 0.4) is 0 Å². The Morgan fingerprint density at radius 1 is 1.22 bits per heavy atom. The number of piperidine rings is 1. The first-order valence-electron chi connectivity index (χ1n) is 8.18. The van der Waals surface area contributed by atoms with Crippen molar-refractivity contribution in [3.8, 4) is 0 Å². The Kier molecular flexibility index (Phi) is 4.99. The number of aryl methyl sites for hydroxylation is 1. The van der Waals surface area contributed by atoms with E-state index < -0.39 is 10.0 Å². The van der Waals surface area contributed by atoms with Crippen LogP contribution in [0.15, 0.2) is 23.1 Å². The molecule has 1 aromatic carbocycles. The number of carbonyl (C=O) groups is 1. The molecule has 0 aromatic heterocycles. The van der Waals surface area contributed by atoms with Crippen molar-refractivity contribution in [2.45, 2.75) is 37.0 Å². The minimum absolute atomic E-state index is 0.0118. The van der Waals surface area contributed by atoms with Crippen LogP contribution in [-0.2, 0) is 21.2 Å². The fourth-order valence-corrected chi connectivity index (χ4v) is 4.29. The lowest BCUT2D eigenvalue weighted by Gasteiger charge is -2.23. The molecule has 1 atom stereocenters. The van der Waals surface area contributed by atoms with Crippen LogP contribution in [-0.4, -0.2) is 34.0 Å². The molecular weight excluding hydrogens is 314 g/mol. The van der Waals surface area contributed by atoms with Crippen LogP contribution in [0.1, 0.15) is 31.2 Å². The molecular formula is C16H23N3O3S. The van der Waals surface area contributed by atoms with Gasteiger partial charge in [0, 0.05) is 18.7 Å². The second-order valence-electron chi connectivity index (χ2n) is 6.28. The Hall–Kier alpha value is -1.44. The van der Waals surface area contributed by atoms with E-state index in [-0.39, 0.29) is 10.8 Å². The molecule has 23 heavy (non-hydrogen) atoms. The van der Waals surface area contributed by atoms with Crippen molar-refractivity contribution in [2.24, 2.45) is 5.92 Å². The average molecular weight is 337 g/mol. The molecule has 1 amide bonds. The summed E-state index contributed by atoms with van der Waals surface area (Å²) in [6, 6.07) is 4.93. The van der Waals surface area contributed by atoms with Crippen molar-refractivity contribution in [1.29, 1.82) is 0 Å². The first kappa shape index (κ1) is 16.4. The zero-order valence-electron chi connectivity index (χ0n) is 13.1. The molecule has 0 bridgehead atoms. The number of anilines is 1. The van der Waals surface area contributed by atoms with Gasteiger partial charge in [-0.3, -0.25) is 4.79 Å². The molecule has 1 unspecified atom stereocenters.